The molecule has 0 aliphatic rings. The molecule has 0 aliphatic carbocycles. The summed E-state index contributed by atoms with van der Waals surface area (Å²) in [5.41, 5.74) is 0. The van der Waals surface area contributed by atoms with Crippen LogP contribution in [-0.2, 0) is 5.92 Å². The molecule has 152 valence electrons. The molecule has 1 heterocycles. The van der Waals surface area contributed by atoms with E-state index in [1.54, 1.807) is 0 Å². The van der Waals surface area contributed by atoms with Gasteiger partial charge in [-0.25, -0.2) is 4.79 Å². The molecule has 0 fully saturated rings. The zero-order valence-corrected chi connectivity index (χ0v) is 12.0. The Balaban J connectivity index is 3.57. The van der Waals surface area contributed by atoms with Crippen LogP contribution in [0.1, 0.15) is 19.1 Å². The van der Waals surface area contributed by atoms with Crippen molar-refractivity contribution in [2.75, 3.05) is 0 Å². The fraction of sp³-hybridized carbons (Fsp3) is 0.727. The van der Waals surface area contributed by atoms with Gasteiger partial charge < -0.3 is 8.83 Å². The topological polar surface area (TPSA) is 43.4 Å². The molecule has 1 rings (SSSR count). The maximum atomic E-state index is 13.5. The number of hydrogen-bond acceptors (Lipinski definition) is 3. The van der Waals surface area contributed by atoms with Gasteiger partial charge in [-0.2, -0.15) is 52.7 Å². The average molecular weight is 414 g/mol. The molecule has 0 saturated heterocycles. The fourth-order valence-corrected chi connectivity index (χ4v) is 1.58. The van der Waals surface area contributed by atoms with Crippen molar-refractivity contribution in [2.24, 2.45) is 0 Å². The standard InChI is InChI=1S/C11H6F12O3/c1-2-6(12,13)8(16,17)10(20,21)11(22,23)9(18,19)7(14,15)4-3-25-5(24)26-4/h3H,2H2,1H3. The Kier molecular flexibility index (Phi) is 4.99. The van der Waals surface area contributed by atoms with Crippen molar-refractivity contribution in [1.29, 1.82) is 0 Å². The molecule has 0 unspecified atom stereocenters. The Bertz CT molecular complexity index is 701. The molecule has 0 saturated carbocycles. The molecule has 0 aromatic carbocycles. The van der Waals surface area contributed by atoms with E-state index in [2.05, 4.69) is 8.83 Å². The van der Waals surface area contributed by atoms with Gasteiger partial charge in [-0.3, -0.25) is 0 Å². The Labute approximate surface area is 134 Å². The predicted octanol–water partition coefficient (Wildman–Crippen LogP) is 4.91. The second-order valence-corrected chi connectivity index (χ2v) is 4.88. The summed E-state index contributed by atoms with van der Waals surface area (Å²) in [7, 11) is 0. The van der Waals surface area contributed by atoms with Crippen LogP contribution in [0.2, 0.25) is 0 Å². The smallest absolute Gasteiger partial charge is 0.399 e. The van der Waals surface area contributed by atoms with Crippen LogP contribution in [0, 0.1) is 0 Å². The Morgan fingerprint density at radius 3 is 1.54 bits per heavy atom. The van der Waals surface area contributed by atoms with E-state index in [0.29, 0.717) is 0 Å². The molecule has 3 nitrogen and oxygen atoms in total. The van der Waals surface area contributed by atoms with Crippen LogP contribution in [0.4, 0.5) is 52.7 Å². The molecule has 1 aromatic rings. The second kappa shape index (κ2) is 5.84. The lowest BCUT2D eigenvalue weighted by Gasteiger charge is -2.40. The molecule has 26 heavy (non-hydrogen) atoms. The summed E-state index contributed by atoms with van der Waals surface area (Å²) < 4.78 is 166. The van der Waals surface area contributed by atoms with E-state index in [1.807, 2.05) is 0 Å². The molecule has 0 spiro atoms. The minimum absolute atomic E-state index is 0.134. The minimum Gasteiger partial charge on any atom is -0.399 e. The van der Waals surface area contributed by atoms with Gasteiger partial charge in [0.15, 0.2) is 0 Å². The average Bonchev–Trinajstić information content (AvgIpc) is 2.93. The Hall–Kier alpha value is -1.83. The van der Waals surface area contributed by atoms with Gasteiger partial charge in [-0.15, -0.1) is 0 Å². The Morgan fingerprint density at radius 1 is 0.769 bits per heavy atom. The summed E-state index contributed by atoms with van der Waals surface area (Å²) in [6, 6.07) is 0. The van der Waals surface area contributed by atoms with Gasteiger partial charge in [-0.05, 0) is 0 Å². The largest absolute Gasteiger partial charge is 0.518 e. The summed E-state index contributed by atoms with van der Waals surface area (Å²) in [6.45, 7) is 0.134. The second-order valence-electron chi connectivity index (χ2n) is 4.88. The van der Waals surface area contributed by atoms with Crippen LogP contribution in [0.25, 0.3) is 0 Å². The SMILES string of the molecule is CCC(F)(F)C(F)(F)C(F)(F)C(F)(F)C(F)(F)C(F)(F)c1coc(=O)o1. The van der Waals surface area contributed by atoms with Crippen molar-refractivity contribution in [3.8, 4) is 0 Å². The van der Waals surface area contributed by atoms with E-state index >= 15 is 0 Å². The van der Waals surface area contributed by atoms with Crippen molar-refractivity contribution in [3.05, 3.63) is 22.6 Å². The third-order valence-corrected chi connectivity index (χ3v) is 3.25. The van der Waals surface area contributed by atoms with Crippen molar-refractivity contribution in [3.63, 3.8) is 0 Å². The minimum atomic E-state index is -7.72. The van der Waals surface area contributed by atoms with Gasteiger partial charge in [0, 0.05) is 6.42 Å². The first kappa shape index (κ1) is 22.2. The van der Waals surface area contributed by atoms with Crippen molar-refractivity contribution in [2.45, 2.75) is 48.9 Å². The molecule has 0 radical (unpaired) electrons. The quantitative estimate of drug-likeness (QED) is 0.596. The van der Waals surface area contributed by atoms with Gasteiger partial charge in [0.2, 0.25) is 5.76 Å². The fourth-order valence-electron chi connectivity index (χ4n) is 1.58. The summed E-state index contributed by atoms with van der Waals surface area (Å²) in [5, 5.41) is 0. The van der Waals surface area contributed by atoms with Crippen LogP contribution in [0.5, 0.6) is 0 Å². The lowest BCUT2D eigenvalue weighted by atomic mass is 9.90. The zero-order chi connectivity index (χ0) is 21.0. The molecule has 0 bridgehead atoms. The third-order valence-electron chi connectivity index (χ3n) is 3.25. The first-order valence-corrected chi connectivity index (χ1v) is 6.17. The third kappa shape index (κ3) is 2.66. The highest BCUT2D eigenvalue weighted by Crippen LogP contribution is 2.62. The van der Waals surface area contributed by atoms with Crippen molar-refractivity contribution >= 4 is 0 Å². The predicted molar refractivity (Wildman–Crippen MR) is 56.2 cm³/mol. The molecule has 0 atom stereocenters. The van der Waals surface area contributed by atoms with Crippen LogP contribution >= 0.6 is 0 Å². The first-order chi connectivity index (χ1) is 11.3. The normalized spacial score (nSPS) is 15.4. The molecule has 0 aliphatic heterocycles. The highest BCUT2D eigenvalue weighted by atomic mass is 19.4. The monoisotopic (exact) mass is 414 g/mol. The highest BCUT2D eigenvalue weighted by molar-refractivity contribution is 5.15. The summed E-state index contributed by atoms with van der Waals surface area (Å²) in [5.74, 6) is -47.2. The van der Waals surface area contributed by atoms with Gasteiger partial charge in [0.25, 0.3) is 0 Å². The molecule has 0 amide bonds. The van der Waals surface area contributed by atoms with Gasteiger partial charge in [0.05, 0.1) is 0 Å². The van der Waals surface area contributed by atoms with Gasteiger partial charge in [0.1, 0.15) is 6.26 Å². The van der Waals surface area contributed by atoms with Crippen molar-refractivity contribution < 1.29 is 61.5 Å². The maximum absolute atomic E-state index is 13.5. The van der Waals surface area contributed by atoms with E-state index in [1.165, 1.54) is 0 Å². The van der Waals surface area contributed by atoms with E-state index < -0.39 is 59.8 Å². The van der Waals surface area contributed by atoms with E-state index in [-0.39, 0.29) is 6.92 Å². The Morgan fingerprint density at radius 2 is 1.19 bits per heavy atom. The van der Waals surface area contributed by atoms with E-state index in [9.17, 15) is 57.5 Å². The number of hydrogen-bond donors (Lipinski definition) is 0. The lowest BCUT2D eigenvalue weighted by Crippen LogP contribution is -2.69. The molecule has 1 aromatic heterocycles. The van der Waals surface area contributed by atoms with Crippen LogP contribution in [0.3, 0.4) is 0 Å². The number of alkyl halides is 12. The number of rotatable bonds is 7. The lowest BCUT2D eigenvalue weighted by molar-refractivity contribution is -0.428. The van der Waals surface area contributed by atoms with Crippen LogP contribution in [-0.4, -0.2) is 29.6 Å². The summed E-state index contributed by atoms with van der Waals surface area (Å²) in [6.07, 6.45) is -2.87. The summed E-state index contributed by atoms with van der Waals surface area (Å²) >= 11 is 0. The van der Waals surface area contributed by atoms with Crippen molar-refractivity contribution in [1.82, 2.24) is 0 Å². The van der Waals surface area contributed by atoms with Crippen LogP contribution < -0.4 is 5.82 Å². The highest BCUT2D eigenvalue weighted by Gasteiger charge is 2.90. The van der Waals surface area contributed by atoms with Gasteiger partial charge in [-0.1, -0.05) is 6.92 Å². The molecule has 15 heteroatoms. The molecular formula is C11H6F12O3. The van der Waals surface area contributed by atoms with E-state index in [0.717, 1.165) is 0 Å². The molecule has 0 N–H and O–H groups in total. The number of halogens is 12. The van der Waals surface area contributed by atoms with Crippen LogP contribution in [0.15, 0.2) is 19.9 Å². The molecular weight excluding hydrogens is 408 g/mol. The van der Waals surface area contributed by atoms with E-state index in [4.69, 9.17) is 0 Å². The van der Waals surface area contributed by atoms with Gasteiger partial charge >= 0.3 is 41.4 Å². The maximum Gasteiger partial charge on any atom is 0.518 e. The zero-order valence-electron chi connectivity index (χ0n) is 12.0. The summed E-state index contributed by atoms with van der Waals surface area (Å²) in [4.78, 5) is 10.4. The first-order valence-electron chi connectivity index (χ1n) is 6.17.